The molecule has 0 saturated carbocycles. The Morgan fingerprint density at radius 3 is 2.86 bits per heavy atom. The fourth-order valence-corrected chi connectivity index (χ4v) is 4.35. The summed E-state index contributed by atoms with van der Waals surface area (Å²) in [5.74, 6) is 0.0177. The molecule has 0 spiro atoms. The summed E-state index contributed by atoms with van der Waals surface area (Å²) in [6, 6.07) is 5.47. The Bertz CT molecular complexity index is 965. The molecule has 8 nitrogen and oxygen atoms in total. The van der Waals surface area contributed by atoms with E-state index in [2.05, 4.69) is 9.97 Å². The van der Waals surface area contributed by atoms with Gasteiger partial charge in [0.1, 0.15) is 0 Å². The van der Waals surface area contributed by atoms with Gasteiger partial charge < -0.3 is 19.5 Å². The van der Waals surface area contributed by atoms with Gasteiger partial charge in [-0.2, -0.15) is 0 Å². The van der Waals surface area contributed by atoms with Gasteiger partial charge in [0.2, 0.25) is 11.8 Å². The lowest BCUT2D eigenvalue weighted by atomic mass is 9.91. The molecule has 2 fully saturated rings. The summed E-state index contributed by atoms with van der Waals surface area (Å²) in [4.78, 5) is 48.2. The first-order valence-electron chi connectivity index (χ1n) is 10.1. The van der Waals surface area contributed by atoms with E-state index in [-0.39, 0.29) is 35.6 Å². The molecule has 2 saturated heterocycles. The third kappa shape index (κ3) is 4.03. The smallest absolute Gasteiger partial charge is 0.257 e. The van der Waals surface area contributed by atoms with Gasteiger partial charge in [0, 0.05) is 57.5 Å². The maximum atomic E-state index is 12.9. The second-order valence-corrected chi connectivity index (χ2v) is 7.82. The van der Waals surface area contributed by atoms with Crippen molar-refractivity contribution >= 4 is 22.7 Å². The predicted octanol–water partition coefficient (Wildman–Crippen LogP) is 1.12. The van der Waals surface area contributed by atoms with Crippen LogP contribution in [-0.2, 0) is 14.3 Å². The molecule has 2 aromatic heterocycles. The van der Waals surface area contributed by atoms with Crippen LogP contribution in [-0.4, -0.2) is 71.5 Å². The van der Waals surface area contributed by atoms with Crippen LogP contribution in [0.15, 0.2) is 29.2 Å². The third-order valence-corrected chi connectivity index (χ3v) is 6.01. The van der Waals surface area contributed by atoms with Gasteiger partial charge in [0.05, 0.1) is 23.4 Å². The molecular weight excluding hydrogens is 372 g/mol. The number of aromatic amines is 1. The molecule has 1 N–H and O–H groups in total. The quantitative estimate of drug-likeness (QED) is 0.814. The van der Waals surface area contributed by atoms with E-state index in [1.165, 1.54) is 0 Å². The van der Waals surface area contributed by atoms with E-state index in [1.54, 1.807) is 30.3 Å². The summed E-state index contributed by atoms with van der Waals surface area (Å²) >= 11 is 0. The van der Waals surface area contributed by atoms with Crippen LogP contribution in [0.5, 0.6) is 0 Å². The molecule has 0 unspecified atom stereocenters. The number of piperidine rings is 1. The van der Waals surface area contributed by atoms with Gasteiger partial charge in [-0.15, -0.1) is 0 Å². The Labute approximate surface area is 168 Å². The second-order valence-electron chi connectivity index (χ2n) is 7.82. The number of carbonyl (C=O) groups is 2. The maximum Gasteiger partial charge on any atom is 0.257 e. The van der Waals surface area contributed by atoms with Crippen LogP contribution < -0.4 is 5.56 Å². The molecule has 2 aliphatic heterocycles. The van der Waals surface area contributed by atoms with Gasteiger partial charge in [0.25, 0.3) is 5.56 Å². The number of likely N-dealkylation sites (tertiary alicyclic amines) is 2. The molecule has 2 aromatic rings. The van der Waals surface area contributed by atoms with Gasteiger partial charge in [-0.3, -0.25) is 19.4 Å². The topological polar surface area (TPSA) is 95.6 Å². The van der Waals surface area contributed by atoms with Crippen LogP contribution in [0.25, 0.3) is 10.9 Å². The molecule has 0 aliphatic carbocycles. The normalized spacial score (nSPS) is 20.6. The highest BCUT2D eigenvalue weighted by Gasteiger charge is 2.37. The number of H-pyrrole nitrogens is 1. The number of nitrogens with one attached hydrogen (secondary N) is 1. The summed E-state index contributed by atoms with van der Waals surface area (Å²) in [6.45, 7) is 2.76. The average Bonchev–Trinajstić information content (AvgIpc) is 3.12. The van der Waals surface area contributed by atoms with E-state index in [0.717, 1.165) is 18.5 Å². The van der Waals surface area contributed by atoms with Gasteiger partial charge in [-0.05, 0) is 31.0 Å². The number of ether oxygens (including phenoxy) is 1. The number of hydrogen-bond donors (Lipinski definition) is 1. The largest absolute Gasteiger partial charge is 0.383 e. The minimum atomic E-state index is -0.263. The third-order valence-electron chi connectivity index (χ3n) is 6.01. The van der Waals surface area contributed by atoms with Crippen LogP contribution in [0.4, 0.5) is 0 Å². The zero-order valence-corrected chi connectivity index (χ0v) is 16.6. The van der Waals surface area contributed by atoms with Crippen molar-refractivity contribution in [3.63, 3.8) is 0 Å². The van der Waals surface area contributed by atoms with E-state index in [0.29, 0.717) is 43.7 Å². The number of amides is 2. The van der Waals surface area contributed by atoms with Crippen molar-refractivity contribution in [2.75, 3.05) is 39.9 Å². The Kier molecular flexibility index (Phi) is 5.62. The minimum absolute atomic E-state index is 0.0246. The average molecular weight is 398 g/mol. The molecule has 2 aliphatic rings. The van der Waals surface area contributed by atoms with Crippen molar-refractivity contribution in [2.45, 2.75) is 25.2 Å². The minimum Gasteiger partial charge on any atom is -0.383 e. The number of nitrogens with zero attached hydrogens (tertiary/aromatic N) is 3. The molecule has 29 heavy (non-hydrogen) atoms. The fourth-order valence-electron chi connectivity index (χ4n) is 4.35. The standard InChI is InChI=1S/C21H26N4O4/c1-29-10-9-25-13-15(11-19(25)26)21(28)24-7-4-14(5-8-24)17-12-18-16(20(27)23-17)3-2-6-22-18/h2-3,6,12,14-15H,4-5,7-11,13H2,1H3,(H,23,27)/t15-/m1/s1. The first kappa shape index (κ1) is 19.6. The van der Waals surface area contributed by atoms with Gasteiger partial charge in [-0.25, -0.2) is 0 Å². The SMILES string of the molecule is COCCN1C[C@H](C(=O)N2CCC(c3cc4ncccc4c(=O)[nH]3)CC2)CC1=O. The lowest BCUT2D eigenvalue weighted by Gasteiger charge is -2.33. The van der Waals surface area contributed by atoms with Crippen molar-refractivity contribution in [3.8, 4) is 0 Å². The van der Waals surface area contributed by atoms with E-state index in [4.69, 9.17) is 4.74 Å². The van der Waals surface area contributed by atoms with Crippen LogP contribution in [0, 0.1) is 5.92 Å². The van der Waals surface area contributed by atoms with Gasteiger partial charge in [-0.1, -0.05) is 0 Å². The van der Waals surface area contributed by atoms with E-state index < -0.39 is 0 Å². The van der Waals surface area contributed by atoms with Crippen LogP contribution in [0.3, 0.4) is 0 Å². The summed E-state index contributed by atoms with van der Waals surface area (Å²) in [5, 5.41) is 0.591. The molecule has 0 aromatic carbocycles. The monoisotopic (exact) mass is 398 g/mol. The Morgan fingerprint density at radius 1 is 1.31 bits per heavy atom. The van der Waals surface area contributed by atoms with Gasteiger partial charge in [0.15, 0.2) is 0 Å². The number of pyridine rings is 2. The Morgan fingerprint density at radius 2 is 2.10 bits per heavy atom. The van der Waals surface area contributed by atoms with Crippen LogP contribution in [0.1, 0.15) is 30.9 Å². The van der Waals surface area contributed by atoms with E-state index >= 15 is 0 Å². The molecular formula is C21H26N4O4. The number of fused-ring (bicyclic) bond motifs is 1. The maximum absolute atomic E-state index is 12.9. The Balaban J connectivity index is 1.38. The zero-order valence-electron chi connectivity index (χ0n) is 16.6. The summed E-state index contributed by atoms with van der Waals surface area (Å²) in [6.07, 6.45) is 3.54. The summed E-state index contributed by atoms with van der Waals surface area (Å²) in [5.41, 5.74) is 1.46. The number of methoxy groups -OCH3 is 1. The molecule has 1 atom stereocenters. The second kappa shape index (κ2) is 8.32. The Hall–Kier alpha value is -2.74. The highest BCUT2D eigenvalue weighted by atomic mass is 16.5. The number of rotatable bonds is 5. The molecule has 154 valence electrons. The molecule has 0 radical (unpaired) electrons. The molecule has 8 heteroatoms. The predicted molar refractivity (Wildman–Crippen MR) is 107 cm³/mol. The van der Waals surface area contributed by atoms with E-state index in [1.807, 2.05) is 11.0 Å². The number of hydrogen-bond acceptors (Lipinski definition) is 5. The van der Waals surface area contributed by atoms with Crippen molar-refractivity contribution < 1.29 is 14.3 Å². The van der Waals surface area contributed by atoms with Crippen LogP contribution in [0.2, 0.25) is 0 Å². The van der Waals surface area contributed by atoms with Crippen molar-refractivity contribution in [3.05, 3.63) is 40.4 Å². The first-order valence-corrected chi connectivity index (χ1v) is 10.1. The van der Waals surface area contributed by atoms with Crippen LogP contribution >= 0.6 is 0 Å². The first-order chi connectivity index (χ1) is 14.1. The lowest BCUT2D eigenvalue weighted by Crippen LogP contribution is -2.42. The summed E-state index contributed by atoms with van der Waals surface area (Å²) in [7, 11) is 1.60. The fraction of sp³-hybridized carbons (Fsp3) is 0.524. The van der Waals surface area contributed by atoms with Crippen molar-refractivity contribution in [1.29, 1.82) is 0 Å². The molecule has 4 heterocycles. The van der Waals surface area contributed by atoms with Crippen molar-refractivity contribution in [2.24, 2.45) is 5.92 Å². The number of aromatic nitrogens is 2. The zero-order chi connectivity index (χ0) is 20.4. The summed E-state index contributed by atoms with van der Waals surface area (Å²) < 4.78 is 5.03. The van der Waals surface area contributed by atoms with E-state index in [9.17, 15) is 14.4 Å². The molecule has 0 bridgehead atoms. The molecule has 4 rings (SSSR count). The number of carbonyl (C=O) groups excluding carboxylic acids is 2. The lowest BCUT2D eigenvalue weighted by molar-refractivity contribution is -0.136. The van der Waals surface area contributed by atoms with Crippen molar-refractivity contribution in [1.82, 2.24) is 19.8 Å². The highest BCUT2D eigenvalue weighted by molar-refractivity contribution is 5.89. The van der Waals surface area contributed by atoms with Gasteiger partial charge >= 0.3 is 0 Å². The highest BCUT2D eigenvalue weighted by Crippen LogP contribution is 2.29. The molecule has 2 amide bonds.